The lowest BCUT2D eigenvalue weighted by Gasteiger charge is -2.18. The minimum absolute atomic E-state index is 0.151. The third-order valence-electron chi connectivity index (χ3n) is 3.08. The van der Waals surface area contributed by atoms with E-state index in [1.807, 2.05) is 12.1 Å². The van der Waals surface area contributed by atoms with Gasteiger partial charge >= 0.3 is 0 Å². The highest BCUT2D eigenvalue weighted by atomic mass is 35.5. The molecule has 2 rings (SSSR count). The normalized spacial score (nSPS) is 20.5. The summed E-state index contributed by atoms with van der Waals surface area (Å²) in [5, 5.41) is 3.17. The van der Waals surface area contributed by atoms with Gasteiger partial charge in [0.25, 0.3) is 0 Å². The molecule has 1 unspecified atom stereocenters. The van der Waals surface area contributed by atoms with Crippen LogP contribution < -0.4 is 16.0 Å². The fraction of sp³-hybridized carbons (Fsp3) is 0.385. The summed E-state index contributed by atoms with van der Waals surface area (Å²) in [6.45, 7) is 2.12. The molecule has 0 saturated carbocycles. The summed E-state index contributed by atoms with van der Waals surface area (Å²) < 4.78 is 0. The number of nitrogens with one attached hydrogen (secondary N) is 1. The van der Waals surface area contributed by atoms with Crippen molar-refractivity contribution in [3.8, 4) is 0 Å². The minimum Gasteiger partial charge on any atom is -0.343 e. The molecule has 0 radical (unpaired) electrons. The fourth-order valence-electron chi connectivity index (χ4n) is 2.03. The lowest BCUT2D eigenvalue weighted by atomic mass is 10.2. The van der Waals surface area contributed by atoms with Crippen molar-refractivity contribution < 1.29 is 9.59 Å². The number of halogens is 1. The molecule has 102 valence electrons. The van der Waals surface area contributed by atoms with Crippen LogP contribution in [0.3, 0.4) is 0 Å². The maximum Gasteiger partial charge on any atom is 0.249 e. The maximum atomic E-state index is 12.2. The zero-order valence-electron chi connectivity index (χ0n) is 10.6. The third-order valence-corrected chi connectivity index (χ3v) is 3.40. The van der Waals surface area contributed by atoms with Gasteiger partial charge in [0.15, 0.2) is 0 Å². The quantitative estimate of drug-likeness (QED) is 0.865. The number of nitrogens with zero attached hydrogens (tertiary/aromatic N) is 1. The molecule has 0 aliphatic carbocycles. The Hall–Kier alpha value is -1.59. The van der Waals surface area contributed by atoms with Crippen molar-refractivity contribution in [1.29, 1.82) is 0 Å². The second kappa shape index (κ2) is 5.59. The van der Waals surface area contributed by atoms with Crippen molar-refractivity contribution in [2.24, 2.45) is 5.73 Å². The predicted molar refractivity (Wildman–Crippen MR) is 74.0 cm³/mol. The largest absolute Gasteiger partial charge is 0.343 e. The first-order valence-corrected chi connectivity index (χ1v) is 6.50. The second-order valence-electron chi connectivity index (χ2n) is 4.58. The molecule has 1 saturated heterocycles. The van der Waals surface area contributed by atoms with Crippen LogP contribution >= 0.6 is 11.6 Å². The summed E-state index contributed by atoms with van der Waals surface area (Å²) in [7, 11) is 0. The van der Waals surface area contributed by atoms with Crippen LogP contribution in [0.1, 0.15) is 13.3 Å². The number of para-hydroxylation sites is 1. The van der Waals surface area contributed by atoms with Crippen LogP contribution in [0.5, 0.6) is 0 Å². The number of carbonyl (C=O) groups excluding carboxylic acids is 2. The van der Waals surface area contributed by atoms with E-state index in [0.717, 1.165) is 0 Å². The summed E-state index contributed by atoms with van der Waals surface area (Å²) >= 11 is 6.07. The Bertz CT molecular complexity index is 504. The summed E-state index contributed by atoms with van der Waals surface area (Å²) in [4.78, 5) is 25.3. The molecule has 2 atom stereocenters. The molecule has 5 nitrogen and oxygen atoms in total. The van der Waals surface area contributed by atoms with E-state index in [0.29, 0.717) is 23.7 Å². The molecule has 1 aliphatic rings. The molecule has 19 heavy (non-hydrogen) atoms. The van der Waals surface area contributed by atoms with Gasteiger partial charge in [0.05, 0.1) is 16.8 Å². The predicted octanol–water partition coefficient (Wildman–Crippen LogP) is 0.909. The highest BCUT2D eigenvalue weighted by Gasteiger charge is 2.34. The molecule has 1 fully saturated rings. The molecule has 3 N–H and O–H groups in total. The van der Waals surface area contributed by atoms with E-state index in [4.69, 9.17) is 17.3 Å². The standard InChI is InChI=1S/C13H16ClN3O2/c1-8(15)12(18)16-10-6-7-17(13(10)19)11-5-3-2-4-9(11)14/h2-5,8,10H,6-7,15H2,1H3,(H,16,18)/t8-,10?/m0/s1. The number of hydrogen-bond acceptors (Lipinski definition) is 3. The Kier molecular flexibility index (Phi) is 4.07. The van der Waals surface area contributed by atoms with Crippen molar-refractivity contribution in [2.75, 3.05) is 11.4 Å². The van der Waals surface area contributed by atoms with Gasteiger partial charge < -0.3 is 16.0 Å². The SMILES string of the molecule is C[C@H](N)C(=O)NC1CCN(c2ccccc2Cl)C1=O. The Morgan fingerprint density at radius 3 is 2.84 bits per heavy atom. The number of anilines is 1. The first-order chi connectivity index (χ1) is 9.00. The van der Waals surface area contributed by atoms with Gasteiger partial charge in [0.1, 0.15) is 6.04 Å². The number of benzene rings is 1. The first kappa shape index (κ1) is 13.8. The van der Waals surface area contributed by atoms with Gasteiger partial charge in [-0.2, -0.15) is 0 Å². The third kappa shape index (κ3) is 2.88. The van der Waals surface area contributed by atoms with Gasteiger partial charge in [-0.1, -0.05) is 23.7 Å². The maximum absolute atomic E-state index is 12.2. The summed E-state index contributed by atoms with van der Waals surface area (Å²) in [5.41, 5.74) is 6.14. The van der Waals surface area contributed by atoms with Gasteiger partial charge in [-0.25, -0.2) is 0 Å². The van der Waals surface area contributed by atoms with Crippen molar-refractivity contribution >= 4 is 29.1 Å². The van der Waals surface area contributed by atoms with Crippen molar-refractivity contribution in [3.63, 3.8) is 0 Å². The lowest BCUT2D eigenvalue weighted by Crippen LogP contribution is -2.47. The number of hydrogen-bond donors (Lipinski definition) is 2. The van der Waals surface area contributed by atoms with E-state index in [2.05, 4.69) is 5.32 Å². The fourth-order valence-corrected chi connectivity index (χ4v) is 2.26. The van der Waals surface area contributed by atoms with E-state index in [-0.39, 0.29) is 11.8 Å². The van der Waals surface area contributed by atoms with E-state index >= 15 is 0 Å². The van der Waals surface area contributed by atoms with Crippen molar-refractivity contribution in [3.05, 3.63) is 29.3 Å². The van der Waals surface area contributed by atoms with Crippen molar-refractivity contribution in [2.45, 2.75) is 25.4 Å². The topological polar surface area (TPSA) is 75.4 Å². The molecule has 0 spiro atoms. The molecule has 0 aromatic heterocycles. The van der Waals surface area contributed by atoms with Gasteiger partial charge in [-0.05, 0) is 25.5 Å². The van der Waals surface area contributed by atoms with E-state index in [9.17, 15) is 9.59 Å². The van der Waals surface area contributed by atoms with E-state index < -0.39 is 12.1 Å². The molecule has 0 bridgehead atoms. The molecule has 1 aliphatic heterocycles. The van der Waals surface area contributed by atoms with Crippen LogP contribution in [0.4, 0.5) is 5.69 Å². The molecule has 1 aromatic carbocycles. The highest BCUT2D eigenvalue weighted by molar-refractivity contribution is 6.34. The average molecular weight is 282 g/mol. The van der Waals surface area contributed by atoms with Crippen LogP contribution in [0.2, 0.25) is 5.02 Å². The molecular formula is C13H16ClN3O2. The summed E-state index contributed by atoms with van der Waals surface area (Å²) in [6.07, 6.45) is 0.558. The smallest absolute Gasteiger partial charge is 0.249 e. The Morgan fingerprint density at radius 1 is 1.53 bits per heavy atom. The molecule has 1 aromatic rings. The Morgan fingerprint density at radius 2 is 2.21 bits per heavy atom. The molecular weight excluding hydrogens is 266 g/mol. The number of nitrogens with two attached hydrogens (primary N) is 1. The van der Waals surface area contributed by atoms with E-state index in [1.54, 1.807) is 24.0 Å². The van der Waals surface area contributed by atoms with Crippen LogP contribution in [-0.2, 0) is 9.59 Å². The van der Waals surface area contributed by atoms with Crippen LogP contribution in [0.25, 0.3) is 0 Å². The minimum atomic E-state index is -0.623. The van der Waals surface area contributed by atoms with Gasteiger partial charge in [0.2, 0.25) is 11.8 Å². The van der Waals surface area contributed by atoms with E-state index in [1.165, 1.54) is 0 Å². The Balaban J connectivity index is 2.10. The number of rotatable bonds is 3. The number of carbonyl (C=O) groups is 2. The van der Waals surface area contributed by atoms with Gasteiger partial charge in [-0.3, -0.25) is 9.59 Å². The van der Waals surface area contributed by atoms with Crippen molar-refractivity contribution in [1.82, 2.24) is 5.32 Å². The number of amides is 2. The summed E-state index contributed by atoms with van der Waals surface area (Å²) in [5.74, 6) is -0.471. The average Bonchev–Trinajstić information content (AvgIpc) is 2.72. The zero-order valence-corrected chi connectivity index (χ0v) is 11.4. The van der Waals surface area contributed by atoms with Crippen LogP contribution in [0, 0.1) is 0 Å². The zero-order chi connectivity index (χ0) is 14.0. The molecule has 2 amide bonds. The van der Waals surface area contributed by atoms with Gasteiger partial charge in [0, 0.05) is 6.54 Å². The van der Waals surface area contributed by atoms with Crippen LogP contribution in [-0.4, -0.2) is 30.4 Å². The molecule has 1 heterocycles. The summed E-state index contributed by atoms with van der Waals surface area (Å²) in [6, 6.07) is 6.01. The molecule has 6 heteroatoms. The monoisotopic (exact) mass is 281 g/mol. The second-order valence-corrected chi connectivity index (χ2v) is 4.99. The first-order valence-electron chi connectivity index (χ1n) is 6.12. The van der Waals surface area contributed by atoms with Gasteiger partial charge in [-0.15, -0.1) is 0 Å². The lowest BCUT2D eigenvalue weighted by molar-refractivity contribution is -0.127. The highest BCUT2D eigenvalue weighted by Crippen LogP contribution is 2.28. The Labute approximate surface area is 116 Å². The van der Waals surface area contributed by atoms with Crippen LogP contribution in [0.15, 0.2) is 24.3 Å².